The van der Waals surface area contributed by atoms with E-state index >= 15 is 0 Å². The molecule has 0 aromatic carbocycles. The van der Waals surface area contributed by atoms with Crippen LogP contribution in [-0.2, 0) is 0 Å². The van der Waals surface area contributed by atoms with E-state index in [1.807, 2.05) is 11.9 Å². The zero-order valence-corrected chi connectivity index (χ0v) is 8.80. The van der Waals surface area contributed by atoms with Crippen LogP contribution in [0.5, 0.6) is 0 Å². The second-order valence-corrected chi connectivity index (χ2v) is 4.21. The Bertz CT molecular complexity index is 196. The van der Waals surface area contributed by atoms with Crippen LogP contribution in [0.3, 0.4) is 0 Å². The summed E-state index contributed by atoms with van der Waals surface area (Å²) in [4.78, 5) is 4.08. The van der Waals surface area contributed by atoms with Crippen LogP contribution < -0.4 is 5.73 Å². The van der Waals surface area contributed by atoms with Gasteiger partial charge in [0.2, 0.25) is 0 Å². The molecule has 1 rings (SSSR count). The molecule has 1 aliphatic carbocycles. The van der Waals surface area contributed by atoms with E-state index in [0.717, 1.165) is 6.54 Å². The van der Waals surface area contributed by atoms with Gasteiger partial charge in [0, 0.05) is 19.1 Å². The largest absolute Gasteiger partial charge is 0.370 e. The van der Waals surface area contributed by atoms with Crippen molar-refractivity contribution in [3.63, 3.8) is 0 Å². The van der Waals surface area contributed by atoms with E-state index in [2.05, 4.69) is 19.0 Å². The zero-order valence-electron chi connectivity index (χ0n) is 8.80. The second kappa shape index (κ2) is 3.54. The van der Waals surface area contributed by atoms with Crippen LogP contribution in [0.2, 0.25) is 0 Å². The summed E-state index contributed by atoms with van der Waals surface area (Å²) >= 11 is 0. The average Bonchev–Trinajstić information content (AvgIpc) is 1.95. The molecule has 1 saturated carbocycles. The van der Waals surface area contributed by atoms with Gasteiger partial charge in [-0.2, -0.15) is 0 Å². The van der Waals surface area contributed by atoms with Gasteiger partial charge in [0.1, 0.15) is 0 Å². The maximum atomic E-state index is 7.31. The Kier molecular flexibility index (Phi) is 2.81. The fourth-order valence-corrected chi connectivity index (χ4v) is 1.86. The lowest BCUT2D eigenvalue weighted by atomic mass is 9.75. The van der Waals surface area contributed by atoms with Crippen LogP contribution >= 0.6 is 0 Å². The van der Waals surface area contributed by atoms with E-state index in [9.17, 15) is 0 Å². The van der Waals surface area contributed by atoms with Gasteiger partial charge in [0.15, 0.2) is 5.96 Å². The molecule has 0 aromatic rings. The lowest BCUT2D eigenvalue weighted by Gasteiger charge is -2.49. The van der Waals surface area contributed by atoms with Gasteiger partial charge in [-0.1, -0.05) is 0 Å². The quantitative estimate of drug-likeness (QED) is 0.490. The molecule has 0 unspecified atom stereocenters. The number of likely N-dealkylation sites (N-methyl/N-ethyl adjacent to an activating group) is 2. The zero-order chi connectivity index (χ0) is 10.1. The normalized spacial score (nSPS) is 19.7. The SMILES string of the molecule is CN(CC1(N(C)C)CCC1)C(=N)N. The summed E-state index contributed by atoms with van der Waals surface area (Å²) in [6.07, 6.45) is 3.74. The molecule has 1 fully saturated rings. The van der Waals surface area contributed by atoms with Gasteiger partial charge in [0.05, 0.1) is 0 Å². The Hall–Kier alpha value is -0.770. The van der Waals surface area contributed by atoms with Crippen molar-refractivity contribution in [2.24, 2.45) is 5.73 Å². The van der Waals surface area contributed by atoms with Crippen LogP contribution in [0.1, 0.15) is 19.3 Å². The van der Waals surface area contributed by atoms with E-state index in [1.165, 1.54) is 19.3 Å². The first-order valence-electron chi connectivity index (χ1n) is 4.70. The van der Waals surface area contributed by atoms with Crippen molar-refractivity contribution in [2.45, 2.75) is 24.8 Å². The first-order valence-corrected chi connectivity index (χ1v) is 4.70. The molecule has 76 valence electrons. The highest BCUT2D eigenvalue weighted by Crippen LogP contribution is 2.36. The average molecular weight is 184 g/mol. The van der Waals surface area contributed by atoms with Gasteiger partial charge in [-0.25, -0.2) is 0 Å². The summed E-state index contributed by atoms with van der Waals surface area (Å²) in [5.74, 6) is 0.160. The van der Waals surface area contributed by atoms with Crippen molar-refractivity contribution in [2.75, 3.05) is 27.7 Å². The second-order valence-electron chi connectivity index (χ2n) is 4.21. The molecule has 0 saturated heterocycles. The van der Waals surface area contributed by atoms with Crippen LogP contribution in [0.15, 0.2) is 0 Å². The third-order valence-electron chi connectivity index (χ3n) is 3.18. The Morgan fingerprint density at radius 3 is 2.15 bits per heavy atom. The molecule has 3 N–H and O–H groups in total. The van der Waals surface area contributed by atoms with Gasteiger partial charge in [-0.15, -0.1) is 0 Å². The van der Waals surface area contributed by atoms with Crippen LogP contribution in [-0.4, -0.2) is 49.0 Å². The lowest BCUT2D eigenvalue weighted by Crippen LogP contribution is -2.58. The topological polar surface area (TPSA) is 56.4 Å². The van der Waals surface area contributed by atoms with Crippen molar-refractivity contribution in [3.05, 3.63) is 0 Å². The Labute approximate surface area is 80.2 Å². The molecule has 0 atom stereocenters. The highest BCUT2D eigenvalue weighted by molar-refractivity contribution is 5.74. The maximum Gasteiger partial charge on any atom is 0.188 e. The summed E-state index contributed by atoms with van der Waals surface area (Å²) in [7, 11) is 6.09. The molecule has 0 heterocycles. The molecule has 0 aliphatic heterocycles. The van der Waals surface area contributed by atoms with E-state index in [1.54, 1.807) is 0 Å². The van der Waals surface area contributed by atoms with Gasteiger partial charge in [-0.05, 0) is 33.4 Å². The third-order valence-corrected chi connectivity index (χ3v) is 3.18. The summed E-state index contributed by atoms with van der Waals surface area (Å²) in [5.41, 5.74) is 5.68. The summed E-state index contributed by atoms with van der Waals surface area (Å²) < 4.78 is 0. The van der Waals surface area contributed by atoms with E-state index in [-0.39, 0.29) is 11.5 Å². The number of hydrogen-bond donors (Lipinski definition) is 2. The van der Waals surface area contributed by atoms with E-state index in [4.69, 9.17) is 11.1 Å². The molecule has 4 heteroatoms. The summed E-state index contributed by atoms with van der Waals surface area (Å²) in [6, 6.07) is 0. The standard InChI is InChI=1S/C9H20N4/c1-12(2)9(5-4-6-9)7-13(3)8(10)11/h4-7H2,1-3H3,(H3,10,11). The number of rotatable bonds is 3. The minimum absolute atomic E-state index is 0.160. The molecule has 0 spiro atoms. The number of nitrogens with zero attached hydrogens (tertiary/aromatic N) is 2. The van der Waals surface area contributed by atoms with Crippen molar-refractivity contribution >= 4 is 5.96 Å². The van der Waals surface area contributed by atoms with Crippen LogP contribution in [0.4, 0.5) is 0 Å². The highest BCUT2D eigenvalue weighted by atomic mass is 15.3. The minimum atomic E-state index is 0.160. The number of nitrogens with two attached hydrogens (primary N) is 1. The van der Waals surface area contributed by atoms with E-state index in [0.29, 0.717) is 0 Å². The molecule has 0 bridgehead atoms. The molecular weight excluding hydrogens is 164 g/mol. The van der Waals surface area contributed by atoms with Crippen molar-refractivity contribution in [1.29, 1.82) is 5.41 Å². The molecule has 0 radical (unpaired) electrons. The predicted molar refractivity (Wildman–Crippen MR) is 54.8 cm³/mol. The summed E-state index contributed by atoms with van der Waals surface area (Å²) in [5, 5.41) is 7.31. The molecule has 0 amide bonds. The number of hydrogen-bond acceptors (Lipinski definition) is 2. The fourth-order valence-electron chi connectivity index (χ4n) is 1.86. The fraction of sp³-hybridized carbons (Fsp3) is 0.889. The van der Waals surface area contributed by atoms with E-state index < -0.39 is 0 Å². The van der Waals surface area contributed by atoms with Gasteiger partial charge in [-0.3, -0.25) is 5.41 Å². The molecule has 4 nitrogen and oxygen atoms in total. The first-order chi connectivity index (χ1) is 5.98. The van der Waals surface area contributed by atoms with Gasteiger partial charge in [0.25, 0.3) is 0 Å². The Balaban J connectivity index is 2.54. The first kappa shape index (κ1) is 10.3. The molecular formula is C9H20N4. The molecule has 0 aromatic heterocycles. The van der Waals surface area contributed by atoms with Crippen molar-refractivity contribution in [3.8, 4) is 0 Å². The predicted octanol–water partition coefficient (Wildman–Crippen LogP) is 0.296. The molecule has 1 aliphatic rings. The van der Waals surface area contributed by atoms with Crippen LogP contribution in [0, 0.1) is 5.41 Å². The third kappa shape index (κ3) is 1.94. The maximum absolute atomic E-state index is 7.31. The van der Waals surface area contributed by atoms with Crippen molar-refractivity contribution < 1.29 is 0 Å². The van der Waals surface area contributed by atoms with Gasteiger partial charge < -0.3 is 15.5 Å². The summed E-state index contributed by atoms with van der Waals surface area (Å²) in [6.45, 7) is 0.870. The van der Waals surface area contributed by atoms with Crippen molar-refractivity contribution in [1.82, 2.24) is 9.80 Å². The smallest absolute Gasteiger partial charge is 0.188 e. The number of guanidine groups is 1. The minimum Gasteiger partial charge on any atom is -0.370 e. The number of nitrogens with one attached hydrogen (secondary N) is 1. The molecule has 13 heavy (non-hydrogen) atoms. The monoisotopic (exact) mass is 184 g/mol. The Morgan fingerprint density at radius 2 is 1.92 bits per heavy atom. The highest BCUT2D eigenvalue weighted by Gasteiger charge is 2.40. The van der Waals surface area contributed by atoms with Crippen LogP contribution in [0.25, 0.3) is 0 Å². The van der Waals surface area contributed by atoms with Gasteiger partial charge >= 0.3 is 0 Å². The lowest BCUT2D eigenvalue weighted by molar-refractivity contribution is 0.0426. The Morgan fingerprint density at radius 1 is 1.38 bits per heavy atom.